The Balaban J connectivity index is 3.29. The van der Waals surface area contributed by atoms with E-state index in [2.05, 4.69) is 0 Å². The number of rotatable bonds is 2. The van der Waals surface area contributed by atoms with Crippen LogP contribution in [0, 0.1) is 0 Å². The average molecular weight is 183 g/mol. The molecule has 2 N–H and O–H groups in total. The molecule has 3 heteroatoms. The molecular weight excluding hydrogens is 169 g/mol. The molecule has 0 fully saturated rings. The molecule has 0 aliphatic rings. The van der Waals surface area contributed by atoms with Gasteiger partial charge in [-0.25, -0.2) is 4.39 Å². The smallest absolute Gasteiger partial charge is 0.148 e. The highest BCUT2D eigenvalue weighted by atomic mass is 19.1. The van der Waals surface area contributed by atoms with Gasteiger partial charge in [0.15, 0.2) is 0 Å². The molecule has 1 aromatic carbocycles. The van der Waals surface area contributed by atoms with E-state index in [0.29, 0.717) is 17.0 Å². The van der Waals surface area contributed by atoms with Gasteiger partial charge in [-0.3, -0.25) is 0 Å². The van der Waals surface area contributed by atoms with Gasteiger partial charge in [0.2, 0.25) is 0 Å². The van der Waals surface area contributed by atoms with E-state index in [0.717, 1.165) is 0 Å². The highest BCUT2D eigenvalue weighted by Gasteiger charge is 2.24. The van der Waals surface area contributed by atoms with Gasteiger partial charge >= 0.3 is 0 Å². The lowest BCUT2D eigenvalue weighted by Gasteiger charge is -2.19. The minimum Gasteiger partial charge on any atom is -0.494 e. The van der Waals surface area contributed by atoms with Crippen molar-refractivity contribution in [3.8, 4) is 5.75 Å². The van der Waals surface area contributed by atoms with E-state index in [9.17, 15) is 4.39 Å². The Bertz CT molecular complexity index is 304. The van der Waals surface area contributed by atoms with E-state index in [-0.39, 0.29) is 0 Å². The van der Waals surface area contributed by atoms with Crippen LogP contribution >= 0.6 is 0 Å². The minimum atomic E-state index is -1.43. The zero-order valence-corrected chi connectivity index (χ0v) is 8.10. The number of ether oxygens (including phenoxy) is 1. The molecule has 1 aromatic rings. The monoisotopic (exact) mass is 183 g/mol. The maximum absolute atomic E-state index is 13.6. The molecule has 0 saturated heterocycles. The summed E-state index contributed by atoms with van der Waals surface area (Å²) in [5, 5.41) is 0. The van der Waals surface area contributed by atoms with Crippen molar-refractivity contribution in [3.63, 3.8) is 0 Å². The minimum absolute atomic E-state index is 0.426. The van der Waals surface area contributed by atoms with Crippen molar-refractivity contribution in [1.29, 1.82) is 0 Å². The third kappa shape index (κ3) is 1.91. The number of benzene rings is 1. The molecule has 0 heterocycles. The van der Waals surface area contributed by atoms with Crippen molar-refractivity contribution >= 4 is 5.69 Å². The maximum Gasteiger partial charge on any atom is 0.148 e. The Morgan fingerprint density at radius 1 is 1.38 bits per heavy atom. The molecular formula is C10H14FNO. The average Bonchev–Trinajstić information content (AvgIpc) is 2.02. The van der Waals surface area contributed by atoms with Crippen molar-refractivity contribution in [1.82, 2.24) is 0 Å². The molecule has 0 aliphatic carbocycles. The van der Waals surface area contributed by atoms with Crippen LogP contribution in [-0.4, -0.2) is 7.11 Å². The molecule has 0 saturated carbocycles. The number of para-hydroxylation sites is 1. The third-order valence-corrected chi connectivity index (χ3v) is 1.89. The lowest BCUT2D eigenvalue weighted by molar-refractivity contribution is 0.214. The third-order valence-electron chi connectivity index (χ3n) is 1.89. The van der Waals surface area contributed by atoms with Gasteiger partial charge in [-0.15, -0.1) is 0 Å². The lowest BCUT2D eigenvalue weighted by atomic mass is 9.98. The molecule has 0 aliphatic heterocycles. The molecule has 0 bridgehead atoms. The van der Waals surface area contributed by atoms with Gasteiger partial charge in [0.1, 0.15) is 11.4 Å². The molecule has 0 radical (unpaired) electrons. The van der Waals surface area contributed by atoms with Crippen LogP contribution in [0.15, 0.2) is 18.2 Å². The fourth-order valence-electron chi connectivity index (χ4n) is 1.25. The molecule has 0 atom stereocenters. The molecule has 13 heavy (non-hydrogen) atoms. The van der Waals surface area contributed by atoms with Crippen molar-refractivity contribution < 1.29 is 9.13 Å². The summed E-state index contributed by atoms with van der Waals surface area (Å²) in [4.78, 5) is 0. The first kappa shape index (κ1) is 9.84. The number of hydrogen-bond donors (Lipinski definition) is 1. The van der Waals surface area contributed by atoms with E-state index in [1.54, 1.807) is 18.2 Å². The molecule has 72 valence electrons. The van der Waals surface area contributed by atoms with Gasteiger partial charge in [-0.2, -0.15) is 0 Å². The summed E-state index contributed by atoms with van der Waals surface area (Å²) < 4.78 is 18.7. The van der Waals surface area contributed by atoms with Gasteiger partial charge in [-0.05, 0) is 19.9 Å². The van der Waals surface area contributed by atoms with Crippen LogP contribution in [0.5, 0.6) is 5.75 Å². The van der Waals surface area contributed by atoms with E-state index in [4.69, 9.17) is 10.5 Å². The lowest BCUT2D eigenvalue weighted by Crippen LogP contribution is -2.11. The first-order valence-electron chi connectivity index (χ1n) is 4.08. The number of anilines is 1. The Morgan fingerprint density at radius 3 is 2.38 bits per heavy atom. The predicted octanol–water partition coefficient (Wildman–Crippen LogP) is 2.48. The highest BCUT2D eigenvalue weighted by molar-refractivity contribution is 5.58. The van der Waals surface area contributed by atoms with Gasteiger partial charge in [0, 0.05) is 5.56 Å². The van der Waals surface area contributed by atoms with Crippen molar-refractivity contribution in [2.45, 2.75) is 19.5 Å². The van der Waals surface area contributed by atoms with Crippen LogP contribution in [-0.2, 0) is 5.67 Å². The van der Waals surface area contributed by atoms with Gasteiger partial charge in [0.05, 0.1) is 12.8 Å². The number of nitrogens with two attached hydrogens (primary N) is 1. The summed E-state index contributed by atoms with van der Waals surface area (Å²) in [7, 11) is 1.49. The summed E-state index contributed by atoms with van der Waals surface area (Å²) >= 11 is 0. The standard InChI is InChI=1S/C10H14FNO/c1-10(2,11)7-5-4-6-8(12)9(7)13-3/h4-6H,12H2,1-3H3. The molecule has 0 aromatic heterocycles. The number of methoxy groups -OCH3 is 1. The quantitative estimate of drug-likeness (QED) is 0.715. The number of nitrogen functional groups attached to an aromatic ring is 1. The molecule has 0 amide bonds. The fraction of sp³-hybridized carbons (Fsp3) is 0.400. The summed E-state index contributed by atoms with van der Waals surface area (Å²) in [5.41, 5.74) is 5.15. The molecule has 0 unspecified atom stereocenters. The van der Waals surface area contributed by atoms with Crippen LogP contribution in [0.4, 0.5) is 10.1 Å². The summed E-state index contributed by atoms with van der Waals surface area (Å²) in [6.07, 6.45) is 0. The van der Waals surface area contributed by atoms with Crippen LogP contribution in [0.1, 0.15) is 19.4 Å². The van der Waals surface area contributed by atoms with E-state index in [1.807, 2.05) is 0 Å². The van der Waals surface area contributed by atoms with Crippen LogP contribution in [0.3, 0.4) is 0 Å². The Labute approximate surface area is 77.5 Å². The first-order valence-corrected chi connectivity index (χ1v) is 4.08. The molecule has 2 nitrogen and oxygen atoms in total. The summed E-state index contributed by atoms with van der Waals surface area (Å²) in [6.45, 7) is 2.95. The number of halogens is 1. The van der Waals surface area contributed by atoms with Gasteiger partial charge < -0.3 is 10.5 Å². The van der Waals surface area contributed by atoms with Crippen LogP contribution in [0.2, 0.25) is 0 Å². The molecule has 0 spiro atoms. The Morgan fingerprint density at radius 2 is 2.00 bits per heavy atom. The molecule has 1 rings (SSSR count). The van der Waals surface area contributed by atoms with Crippen LogP contribution < -0.4 is 10.5 Å². The van der Waals surface area contributed by atoms with E-state index >= 15 is 0 Å². The second kappa shape index (κ2) is 3.24. The summed E-state index contributed by atoms with van der Waals surface area (Å²) in [5.74, 6) is 0.426. The zero-order chi connectivity index (χ0) is 10.1. The second-order valence-electron chi connectivity index (χ2n) is 3.40. The van der Waals surface area contributed by atoms with Crippen molar-refractivity contribution in [3.05, 3.63) is 23.8 Å². The maximum atomic E-state index is 13.6. The van der Waals surface area contributed by atoms with E-state index in [1.165, 1.54) is 21.0 Å². The van der Waals surface area contributed by atoms with Gasteiger partial charge in [0.25, 0.3) is 0 Å². The number of hydrogen-bond acceptors (Lipinski definition) is 2. The van der Waals surface area contributed by atoms with Crippen molar-refractivity contribution in [2.24, 2.45) is 0 Å². The second-order valence-corrected chi connectivity index (χ2v) is 3.40. The largest absolute Gasteiger partial charge is 0.494 e. The highest BCUT2D eigenvalue weighted by Crippen LogP contribution is 2.36. The SMILES string of the molecule is COc1c(N)cccc1C(C)(C)F. The Hall–Kier alpha value is -1.25. The summed E-state index contributed by atoms with van der Waals surface area (Å²) in [6, 6.07) is 5.08. The normalized spacial score (nSPS) is 11.4. The first-order chi connectivity index (χ1) is 5.96. The zero-order valence-electron chi connectivity index (χ0n) is 8.10. The van der Waals surface area contributed by atoms with Crippen molar-refractivity contribution in [2.75, 3.05) is 12.8 Å². The Kier molecular flexibility index (Phi) is 2.45. The number of alkyl halides is 1. The topological polar surface area (TPSA) is 35.2 Å². The van der Waals surface area contributed by atoms with Crippen LogP contribution in [0.25, 0.3) is 0 Å². The predicted molar refractivity (Wildman–Crippen MR) is 51.5 cm³/mol. The fourth-order valence-corrected chi connectivity index (χ4v) is 1.25. The van der Waals surface area contributed by atoms with Gasteiger partial charge in [-0.1, -0.05) is 12.1 Å². The van der Waals surface area contributed by atoms with E-state index < -0.39 is 5.67 Å².